The van der Waals surface area contributed by atoms with Crippen LogP contribution in [-0.2, 0) is 5.92 Å². The number of fused-ring (bicyclic) bond motifs is 1. The minimum atomic E-state index is -3.03. The molecular formula is C7H5F2N3O2S. The van der Waals surface area contributed by atoms with Gasteiger partial charge in [0, 0.05) is 6.92 Å². The van der Waals surface area contributed by atoms with Crippen LogP contribution >= 0.6 is 11.3 Å². The Kier molecular flexibility index (Phi) is 1.97. The molecular weight excluding hydrogens is 228 g/mol. The topological polar surface area (TPSA) is 67.5 Å². The Morgan fingerprint density at radius 3 is 2.80 bits per heavy atom. The molecule has 80 valence electrons. The monoisotopic (exact) mass is 233 g/mol. The van der Waals surface area contributed by atoms with Crippen molar-refractivity contribution in [2.45, 2.75) is 12.8 Å². The standard InChI is InChI=1S/C7H5F2N3O2S/c1-7(8,9)5-11-12-2-3(4(13)14)10-6(12)15-5/h2H,1H3,(H,13,14). The Morgan fingerprint density at radius 1 is 1.67 bits per heavy atom. The molecule has 2 aromatic rings. The van der Waals surface area contributed by atoms with Crippen LogP contribution in [0.15, 0.2) is 6.20 Å². The molecule has 0 aliphatic carbocycles. The van der Waals surface area contributed by atoms with Crippen LogP contribution in [0, 0.1) is 0 Å². The van der Waals surface area contributed by atoms with Gasteiger partial charge in [0.15, 0.2) is 10.7 Å². The van der Waals surface area contributed by atoms with E-state index in [4.69, 9.17) is 5.11 Å². The van der Waals surface area contributed by atoms with Gasteiger partial charge in [-0.2, -0.15) is 13.9 Å². The molecule has 1 N–H and O–H groups in total. The number of hydrogen-bond donors (Lipinski definition) is 1. The largest absolute Gasteiger partial charge is 0.476 e. The van der Waals surface area contributed by atoms with Crippen LogP contribution in [-0.4, -0.2) is 25.7 Å². The first kappa shape index (κ1) is 9.97. The average molecular weight is 233 g/mol. The Hall–Kier alpha value is -1.57. The minimum Gasteiger partial charge on any atom is -0.476 e. The predicted molar refractivity (Wildman–Crippen MR) is 47.4 cm³/mol. The van der Waals surface area contributed by atoms with E-state index in [0.717, 1.165) is 17.6 Å². The fourth-order valence-electron chi connectivity index (χ4n) is 0.981. The molecule has 0 amide bonds. The molecule has 0 radical (unpaired) electrons. The molecule has 0 fully saturated rings. The van der Waals surface area contributed by atoms with E-state index in [0.29, 0.717) is 11.3 Å². The summed E-state index contributed by atoms with van der Waals surface area (Å²) in [5.74, 6) is -4.24. The quantitative estimate of drug-likeness (QED) is 0.855. The number of imidazole rings is 1. The van der Waals surface area contributed by atoms with Crippen molar-refractivity contribution in [2.24, 2.45) is 0 Å². The lowest BCUT2D eigenvalue weighted by atomic mass is 10.4. The summed E-state index contributed by atoms with van der Waals surface area (Å²) in [4.78, 5) is 14.3. The predicted octanol–water partition coefficient (Wildman–Crippen LogP) is 1.60. The summed E-state index contributed by atoms with van der Waals surface area (Å²) in [6.45, 7) is 0.726. The Labute approximate surface area is 86.0 Å². The molecule has 15 heavy (non-hydrogen) atoms. The van der Waals surface area contributed by atoms with Gasteiger partial charge in [-0.05, 0) is 0 Å². The van der Waals surface area contributed by atoms with Crippen molar-refractivity contribution >= 4 is 22.3 Å². The van der Waals surface area contributed by atoms with E-state index in [1.165, 1.54) is 0 Å². The summed E-state index contributed by atoms with van der Waals surface area (Å²) in [6.07, 6.45) is 1.10. The zero-order valence-corrected chi connectivity index (χ0v) is 8.26. The van der Waals surface area contributed by atoms with Crippen LogP contribution in [0.1, 0.15) is 22.4 Å². The molecule has 0 bridgehead atoms. The Balaban J connectivity index is 2.52. The maximum atomic E-state index is 12.8. The number of carboxylic acids is 1. The van der Waals surface area contributed by atoms with E-state index in [1.54, 1.807) is 0 Å². The molecule has 0 atom stereocenters. The van der Waals surface area contributed by atoms with Crippen LogP contribution in [0.25, 0.3) is 4.96 Å². The van der Waals surface area contributed by atoms with Crippen molar-refractivity contribution in [3.63, 3.8) is 0 Å². The maximum absolute atomic E-state index is 12.8. The molecule has 2 aromatic heterocycles. The Morgan fingerprint density at radius 2 is 2.33 bits per heavy atom. The van der Waals surface area contributed by atoms with Gasteiger partial charge in [-0.25, -0.2) is 14.3 Å². The summed E-state index contributed by atoms with van der Waals surface area (Å²) in [5.41, 5.74) is -0.209. The lowest BCUT2D eigenvalue weighted by molar-refractivity contribution is 0.0163. The van der Waals surface area contributed by atoms with Crippen molar-refractivity contribution in [1.29, 1.82) is 0 Å². The van der Waals surface area contributed by atoms with Crippen LogP contribution < -0.4 is 0 Å². The fourth-order valence-corrected chi connectivity index (χ4v) is 1.79. The van der Waals surface area contributed by atoms with Gasteiger partial charge in [-0.3, -0.25) is 0 Å². The van der Waals surface area contributed by atoms with E-state index in [1.807, 2.05) is 0 Å². The van der Waals surface area contributed by atoms with E-state index in [2.05, 4.69) is 10.1 Å². The van der Waals surface area contributed by atoms with Gasteiger partial charge < -0.3 is 5.11 Å². The second-order valence-electron chi connectivity index (χ2n) is 2.95. The highest BCUT2D eigenvalue weighted by atomic mass is 32.1. The number of aromatic carboxylic acids is 1. The third-order valence-corrected chi connectivity index (χ3v) is 2.73. The van der Waals surface area contributed by atoms with Gasteiger partial charge in [0.2, 0.25) is 4.96 Å². The SMILES string of the molecule is CC(F)(F)c1nn2cc(C(=O)O)nc2s1. The zero-order valence-electron chi connectivity index (χ0n) is 7.44. The van der Waals surface area contributed by atoms with Crippen molar-refractivity contribution in [3.8, 4) is 0 Å². The van der Waals surface area contributed by atoms with Crippen LogP contribution in [0.5, 0.6) is 0 Å². The smallest absolute Gasteiger partial charge is 0.356 e. The molecule has 0 aliphatic heterocycles. The van der Waals surface area contributed by atoms with E-state index >= 15 is 0 Å². The number of carboxylic acid groups (broad SMARTS) is 1. The molecule has 8 heteroatoms. The third kappa shape index (κ3) is 1.67. The van der Waals surface area contributed by atoms with Gasteiger partial charge in [0.05, 0.1) is 6.20 Å². The summed E-state index contributed by atoms with van der Waals surface area (Å²) >= 11 is 0.670. The molecule has 5 nitrogen and oxygen atoms in total. The first-order chi connectivity index (χ1) is 6.88. The highest BCUT2D eigenvalue weighted by molar-refractivity contribution is 7.16. The average Bonchev–Trinajstić information content (AvgIpc) is 2.55. The summed E-state index contributed by atoms with van der Waals surface area (Å²) in [7, 11) is 0. The van der Waals surface area contributed by atoms with Gasteiger partial charge in [-0.1, -0.05) is 11.3 Å². The van der Waals surface area contributed by atoms with Crippen molar-refractivity contribution < 1.29 is 18.7 Å². The molecule has 0 spiro atoms. The first-order valence-corrected chi connectivity index (χ1v) is 4.67. The van der Waals surface area contributed by atoms with Gasteiger partial charge in [0.25, 0.3) is 5.92 Å². The number of carbonyl (C=O) groups is 1. The number of halogens is 2. The second kappa shape index (κ2) is 2.96. The number of rotatable bonds is 2. The minimum absolute atomic E-state index is 0.143. The van der Waals surface area contributed by atoms with Crippen LogP contribution in [0.2, 0.25) is 0 Å². The summed E-state index contributed by atoms with van der Waals surface area (Å²) in [6, 6.07) is 0. The zero-order chi connectivity index (χ0) is 11.2. The number of hydrogen-bond acceptors (Lipinski definition) is 4. The lowest BCUT2D eigenvalue weighted by Gasteiger charge is -2.02. The van der Waals surface area contributed by atoms with Crippen molar-refractivity contribution in [2.75, 3.05) is 0 Å². The van der Waals surface area contributed by atoms with Gasteiger partial charge in [0.1, 0.15) is 0 Å². The molecule has 0 unspecified atom stereocenters. The van der Waals surface area contributed by atoms with E-state index < -0.39 is 11.9 Å². The molecule has 0 saturated carbocycles. The molecule has 0 saturated heterocycles. The molecule has 0 aliphatic rings. The highest BCUT2D eigenvalue weighted by Gasteiger charge is 2.30. The second-order valence-corrected chi connectivity index (χ2v) is 3.91. The first-order valence-electron chi connectivity index (χ1n) is 3.86. The van der Waals surface area contributed by atoms with Crippen molar-refractivity contribution in [3.05, 3.63) is 16.9 Å². The van der Waals surface area contributed by atoms with E-state index in [-0.39, 0.29) is 15.7 Å². The fraction of sp³-hybridized carbons (Fsp3) is 0.286. The van der Waals surface area contributed by atoms with Gasteiger partial charge in [-0.15, -0.1) is 0 Å². The van der Waals surface area contributed by atoms with E-state index in [9.17, 15) is 13.6 Å². The summed E-state index contributed by atoms with van der Waals surface area (Å²) < 4.78 is 26.7. The molecule has 2 rings (SSSR count). The van der Waals surface area contributed by atoms with Crippen molar-refractivity contribution in [1.82, 2.24) is 14.6 Å². The van der Waals surface area contributed by atoms with Crippen LogP contribution in [0.4, 0.5) is 8.78 Å². The molecule has 0 aromatic carbocycles. The molecule has 2 heterocycles. The highest BCUT2D eigenvalue weighted by Crippen LogP contribution is 2.30. The number of aromatic nitrogens is 3. The summed E-state index contributed by atoms with van der Waals surface area (Å²) in [5, 5.41) is 11.7. The maximum Gasteiger partial charge on any atom is 0.356 e. The van der Waals surface area contributed by atoms with Crippen LogP contribution in [0.3, 0.4) is 0 Å². The Bertz CT molecular complexity index is 496. The lowest BCUT2D eigenvalue weighted by Crippen LogP contribution is -2.06. The van der Waals surface area contributed by atoms with Gasteiger partial charge >= 0.3 is 5.97 Å². The third-order valence-electron chi connectivity index (χ3n) is 1.64. The number of alkyl halides is 2. The number of nitrogens with zero attached hydrogens (tertiary/aromatic N) is 3. The normalized spacial score (nSPS) is 12.2.